The summed E-state index contributed by atoms with van der Waals surface area (Å²) in [4.78, 5) is 19.4. The van der Waals surface area contributed by atoms with Crippen molar-refractivity contribution in [3.05, 3.63) is 72.2 Å². The van der Waals surface area contributed by atoms with Crippen molar-refractivity contribution < 1.29 is 18.7 Å². The van der Waals surface area contributed by atoms with Crippen LogP contribution in [0.15, 0.2) is 60.8 Å². The molecule has 0 aliphatic carbocycles. The number of hydrogen-bond acceptors (Lipinski definition) is 7. The number of carbonyl (C=O) groups excluding carboxylic acids is 1. The maximum Gasteiger partial charge on any atom is 0.254 e. The van der Waals surface area contributed by atoms with Crippen LogP contribution in [0.3, 0.4) is 0 Å². The molecule has 0 radical (unpaired) electrons. The van der Waals surface area contributed by atoms with Crippen LogP contribution < -0.4 is 14.5 Å². The van der Waals surface area contributed by atoms with Gasteiger partial charge in [0.15, 0.2) is 5.82 Å². The molecule has 2 aliphatic rings. The zero-order valence-electron chi connectivity index (χ0n) is 18.8. The van der Waals surface area contributed by atoms with Crippen molar-refractivity contribution in [3.63, 3.8) is 0 Å². The summed E-state index contributed by atoms with van der Waals surface area (Å²) < 4.78 is 24.3. The van der Waals surface area contributed by atoms with Gasteiger partial charge in [-0.25, -0.2) is 4.39 Å². The lowest BCUT2D eigenvalue weighted by Gasteiger charge is -2.36. The van der Waals surface area contributed by atoms with Gasteiger partial charge in [-0.1, -0.05) is 6.07 Å². The Kier molecular flexibility index (Phi) is 6.53. The molecule has 9 heteroatoms. The Balaban J connectivity index is 1.20. The average Bonchev–Trinajstić information content (AvgIpc) is 2.90. The van der Waals surface area contributed by atoms with E-state index in [-0.39, 0.29) is 11.7 Å². The lowest BCUT2D eigenvalue weighted by molar-refractivity contribution is 0.0746. The number of benzene rings is 2. The molecule has 2 aromatic carbocycles. The molecule has 3 aromatic rings. The minimum Gasteiger partial charge on any atom is -0.457 e. The van der Waals surface area contributed by atoms with E-state index in [9.17, 15) is 9.18 Å². The second kappa shape index (κ2) is 10.0. The predicted molar refractivity (Wildman–Crippen MR) is 126 cm³/mol. The zero-order chi connectivity index (χ0) is 23.3. The Morgan fingerprint density at radius 1 is 0.882 bits per heavy atom. The molecule has 0 bridgehead atoms. The summed E-state index contributed by atoms with van der Waals surface area (Å²) in [5, 5.41) is 8.48. The minimum atomic E-state index is -0.324. The Morgan fingerprint density at radius 3 is 2.41 bits per heavy atom. The molecular weight excluding hydrogens is 437 g/mol. The quantitative estimate of drug-likeness (QED) is 0.576. The van der Waals surface area contributed by atoms with Gasteiger partial charge >= 0.3 is 0 Å². The van der Waals surface area contributed by atoms with E-state index in [1.807, 2.05) is 4.90 Å². The number of aromatic nitrogens is 2. The van der Waals surface area contributed by atoms with E-state index in [0.717, 1.165) is 24.6 Å². The fourth-order valence-corrected chi connectivity index (χ4v) is 4.15. The highest BCUT2D eigenvalue weighted by molar-refractivity contribution is 5.94. The van der Waals surface area contributed by atoms with Gasteiger partial charge in [-0.3, -0.25) is 4.79 Å². The van der Waals surface area contributed by atoms with Crippen LogP contribution >= 0.6 is 0 Å². The molecule has 1 aromatic heterocycles. The fraction of sp³-hybridized carbons (Fsp3) is 0.320. The number of ether oxygens (including phenoxy) is 2. The van der Waals surface area contributed by atoms with Gasteiger partial charge in [-0.2, -0.15) is 5.10 Å². The van der Waals surface area contributed by atoms with Crippen LogP contribution in [0.1, 0.15) is 10.4 Å². The first kappa shape index (κ1) is 22.1. The summed E-state index contributed by atoms with van der Waals surface area (Å²) in [6.45, 7) is 5.66. The Hall–Kier alpha value is -3.72. The molecule has 8 nitrogen and oxygen atoms in total. The largest absolute Gasteiger partial charge is 0.457 e. The third-order valence-electron chi connectivity index (χ3n) is 6.02. The highest BCUT2D eigenvalue weighted by Gasteiger charge is 2.24. The van der Waals surface area contributed by atoms with Crippen molar-refractivity contribution >= 4 is 17.4 Å². The second-order valence-corrected chi connectivity index (χ2v) is 8.23. The van der Waals surface area contributed by atoms with Crippen molar-refractivity contribution in [1.29, 1.82) is 0 Å². The first-order chi connectivity index (χ1) is 16.7. The molecule has 0 saturated carbocycles. The van der Waals surface area contributed by atoms with Crippen LogP contribution in [0.4, 0.5) is 15.9 Å². The summed E-state index contributed by atoms with van der Waals surface area (Å²) in [5.41, 5.74) is 1.58. The van der Waals surface area contributed by atoms with Gasteiger partial charge in [0.25, 0.3) is 5.91 Å². The van der Waals surface area contributed by atoms with E-state index in [0.29, 0.717) is 56.5 Å². The zero-order valence-corrected chi connectivity index (χ0v) is 18.8. The van der Waals surface area contributed by atoms with Crippen LogP contribution in [-0.4, -0.2) is 73.5 Å². The smallest absolute Gasteiger partial charge is 0.254 e. The van der Waals surface area contributed by atoms with E-state index in [1.165, 1.54) is 12.1 Å². The summed E-state index contributed by atoms with van der Waals surface area (Å²) >= 11 is 0. The molecule has 5 rings (SSSR count). The average molecular weight is 464 g/mol. The van der Waals surface area contributed by atoms with E-state index in [1.54, 1.807) is 42.6 Å². The summed E-state index contributed by atoms with van der Waals surface area (Å²) in [6.07, 6.45) is 1.78. The first-order valence-electron chi connectivity index (χ1n) is 11.4. The van der Waals surface area contributed by atoms with E-state index >= 15 is 0 Å². The number of piperazine rings is 1. The fourth-order valence-electron chi connectivity index (χ4n) is 4.15. The predicted octanol–water partition coefficient (Wildman–Crippen LogP) is 3.21. The maximum absolute atomic E-state index is 13.1. The summed E-state index contributed by atoms with van der Waals surface area (Å²) in [7, 11) is 0. The lowest BCUT2D eigenvalue weighted by Crippen LogP contribution is -2.49. The molecule has 0 unspecified atom stereocenters. The summed E-state index contributed by atoms with van der Waals surface area (Å²) in [6, 6.07) is 14.9. The minimum absolute atomic E-state index is 0.0361. The molecular formula is C25H26FN5O3. The van der Waals surface area contributed by atoms with Crippen LogP contribution in [0.5, 0.6) is 11.5 Å². The highest BCUT2D eigenvalue weighted by atomic mass is 19.1. The molecule has 2 saturated heterocycles. The van der Waals surface area contributed by atoms with Crippen LogP contribution in [0.25, 0.3) is 0 Å². The number of nitrogens with zero attached hydrogens (tertiary/aromatic N) is 5. The molecule has 0 spiro atoms. The van der Waals surface area contributed by atoms with Crippen LogP contribution in [0, 0.1) is 5.82 Å². The first-order valence-corrected chi connectivity index (χ1v) is 11.4. The highest BCUT2D eigenvalue weighted by Crippen LogP contribution is 2.24. The standard InChI is InChI=1S/C25H26FN5O3/c26-20-4-6-22(7-5-20)34-23-3-1-2-19(16-23)25(32)31-10-8-29(9-11-31)21-17-24(28-27-18-21)30-12-14-33-15-13-30/h1-7,16-18H,8-15H2. The van der Waals surface area contributed by atoms with E-state index in [2.05, 4.69) is 26.1 Å². The molecule has 0 atom stereocenters. The molecule has 2 aliphatic heterocycles. The summed E-state index contributed by atoms with van der Waals surface area (Å²) in [5.74, 6) is 1.55. The van der Waals surface area contributed by atoms with Gasteiger partial charge in [0, 0.05) is 50.9 Å². The van der Waals surface area contributed by atoms with Crippen molar-refractivity contribution in [1.82, 2.24) is 15.1 Å². The monoisotopic (exact) mass is 463 g/mol. The molecule has 176 valence electrons. The van der Waals surface area contributed by atoms with Crippen LogP contribution in [-0.2, 0) is 4.74 Å². The molecule has 2 fully saturated rings. The number of rotatable bonds is 5. The topological polar surface area (TPSA) is 71.0 Å². The van der Waals surface area contributed by atoms with Gasteiger partial charge in [-0.15, -0.1) is 5.10 Å². The Bertz CT molecular complexity index is 1130. The van der Waals surface area contributed by atoms with Gasteiger partial charge in [0.2, 0.25) is 0 Å². The van der Waals surface area contributed by atoms with Gasteiger partial charge in [0.05, 0.1) is 25.1 Å². The van der Waals surface area contributed by atoms with Crippen molar-refractivity contribution in [3.8, 4) is 11.5 Å². The molecule has 3 heterocycles. The SMILES string of the molecule is O=C(c1cccc(Oc2ccc(F)cc2)c1)N1CCN(c2cnnc(N3CCOCC3)c2)CC1. The third kappa shape index (κ3) is 5.09. The van der Waals surface area contributed by atoms with Crippen molar-refractivity contribution in [2.24, 2.45) is 0 Å². The molecule has 34 heavy (non-hydrogen) atoms. The number of halogens is 1. The van der Waals surface area contributed by atoms with Crippen LogP contribution in [0.2, 0.25) is 0 Å². The maximum atomic E-state index is 13.1. The number of amides is 1. The number of anilines is 2. The normalized spacial score (nSPS) is 16.4. The van der Waals surface area contributed by atoms with Gasteiger partial charge < -0.3 is 24.2 Å². The second-order valence-electron chi connectivity index (χ2n) is 8.23. The van der Waals surface area contributed by atoms with Gasteiger partial charge in [0.1, 0.15) is 17.3 Å². The number of hydrogen-bond donors (Lipinski definition) is 0. The van der Waals surface area contributed by atoms with Crippen molar-refractivity contribution in [2.45, 2.75) is 0 Å². The lowest BCUT2D eigenvalue weighted by atomic mass is 10.1. The molecule has 1 amide bonds. The number of carbonyl (C=O) groups is 1. The Morgan fingerprint density at radius 2 is 1.65 bits per heavy atom. The molecule has 0 N–H and O–H groups in total. The van der Waals surface area contributed by atoms with E-state index in [4.69, 9.17) is 9.47 Å². The van der Waals surface area contributed by atoms with E-state index < -0.39 is 0 Å². The van der Waals surface area contributed by atoms with Gasteiger partial charge in [-0.05, 0) is 42.5 Å². The number of morpholine rings is 1. The third-order valence-corrected chi connectivity index (χ3v) is 6.02. The van der Waals surface area contributed by atoms with Crippen molar-refractivity contribution in [2.75, 3.05) is 62.3 Å². The Labute approximate surface area is 197 Å².